The van der Waals surface area contributed by atoms with Gasteiger partial charge in [0.1, 0.15) is 0 Å². The summed E-state index contributed by atoms with van der Waals surface area (Å²) >= 11 is 0. The van der Waals surface area contributed by atoms with Crippen LogP contribution in [0.4, 0.5) is 0 Å². The largest absolute Gasteiger partial charge is 0.385 e. The van der Waals surface area contributed by atoms with Gasteiger partial charge in [-0.25, -0.2) is 0 Å². The lowest BCUT2D eigenvalue weighted by Gasteiger charge is -2.37. The maximum Gasteiger partial charge on any atom is 0.221 e. The zero-order valence-electron chi connectivity index (χ0n) is 11.3. The van der Waals surface area contributed by atoms with E-state index in [0.29, 0.717) is 13.0 Å². The van der Waals surface area contributed by atoms with Crippen LogP contribution in [0.2, 0.25) is 0 Å². The zero-order chi connectivity index (χ0) is 12.9. The van der Waals surface area contributed by atoms with E-state index in [0.717, 1.165) is 32.3 Å². The summed E-state index contributed by atoms with van der Waals surface area (Å²) in [6.07, 6.45) is 4.52. The SMILES string of the molecule is COCCC(C)(C)CNC(=O)CC1(N)CCC1. The molecule has 0 aromatic carbocycles. The summed E-state index contributed by atoms with van der Waals surface area (Å²) in [5, 5.41) is 2.98. The molecular weight excluding hydrogens is 216 g/mol. The van der Waals surface area contributed by atoms with Gasteiger partial charge in [0.2, 0.25) is 5.91 Å². The van der Waals surface area contributed by atoms with Crippen LogP contribution in [0.1, 0.15) is 46.0 Å². The summed E-state index contributed by atoms with van der Waals surface area (Å²) in [7, 11) is 1.70. The van der Waals surface area contributed by atoms with Crippen LogP contribution in [0.25, 0.3) is 0 Å². The summed E-state index contributed by atoms with van der Waals surface area (Å²) < 4.78 is 5.06. The van der Waals surface area contributed by atoms with Crippen molar-refractivity contribution in [2.45, 2.75) is 51.5 Å². The Bertz CT molecular complexity index is 260. The molecule has 1 aliphatic carbocycles. The molecule has 4 heteroatoms. The van der Waals surface area contributed by atoms with E-state index in [1.54, 1.807) is 7.11 Å². The van der Waals surface area contributed by atoms with E-state index < -0.39 is 0 Å². The van der Waals surface area contributed by atoms with Gasteiger partial charge in [0.15, 0.2) is 0 Å². The third kappa shape index (κ3) is 5.04. The molecule has 100 valence electrons. The zero-order valence-corrected chi connectivity index (χ0v) is 11.3. The molecule has 1 aliphatic rings. The van der Waals surface area contributed by atoms with Crippen LogP contribution < -0.4 is 11.1 Å². The normalized spacial score (nSPS) is 18.6. The summed E-state index contributed by atoms with van der Waals surface area (Å²) in [5.74, 6) is 0.0812. The fourth-order valence-electron chi connectivity index (χ4n) is 1.99. The molecule has 0 aliphatic heterocycles. The van der Waals surface area contributed by atoms with Gasteiger partial charge in [-0.15, -0.1) is 0 Å². The second-order valence-electron chi connectivity index (χ2n) is 6.08. The fourth-order valence-corrected chi connectivity index (χ4v) is 1.99. The Morgan fingerprint density at radius 1 is 1.47 bits per heavy atom. The second kappa shape index (κ2) is 5.83. The molecule has 1 rings (SSSR count). The second-order valence-corrected chi connectivity index (χ2v) is 6.08. The molecule has 0 saturated heterocycles. The average molecular weight is 242 g/mol. The van der Waals surface area contributed by atoms with Gasteiger partial charge in [-0.3, -0.25) is 4.79 Å². The molecular formula is C13H26N2O2. The Labute approximate surface area is 104 Å². The third-order valence-corrected chi connectivity index (χ3v) is 3.61. The van der Waals surface area contributed by atoms with Crippen LogP contribution in [-0.4, -0.2) is 31.7 Å². The van der Waals surface area contributed by atoms with Crippen LogP contribution in [0.15, 0.2) is 0 Å². The average Bonchev–Trinajstić information content (AvgIpc) is 2.22. The minimum Gasteiger partial charge on any atom is -0.385 e. The molecule has 0 unspecified atom stereocenters. The molecule has 1 fully saturated rings. The lowest BCUT2D eigenvalue weighted by molar-refractivity contribution is -0.123. The van der Waals surface area contributed by atoms with Gasteiger partial charge in [-0.2, -0.15) is 0 Å². The van der Waals surface area contributed by atoms with Crippen molar-refractivity contribution in [2.24, 2.45) is 11.1 Å². The maximum absolute atomic E-state index is 11.7. The number of nitrogens with two attached hydrogens (primary N) is 1. The number of nitrogens with one attached hydrogen (secondary N) is 1. The van der Waals surface area contributed by atoms with Gasteiger partial charge < -0.3 is 15.8 Å². The van der Waals surface area contributed by atoms with Crippen molar-refractivity contribution in [2.75, 3.05) is 20.3 Å². The van der Waals surface area contributed by atoms with Crippen LogP contribution in [0.5, 0.6) is 0 Å². The standard InChI is InChI=1S/C13H26N2O2/c1-12(2,7-8-17-3)10-15-11(16)9-13(14)5-4-6-13/h4-10,14H2,1-3H3,(H,15,16). The molecule has 0 bridgehead atoms. The summed E-state index contributed by atoms with van der Waals surface area (Å²) in [4.78, 5) is 11.7. The quantitative estimate of drug-likeness (QED) is 0.710. The Balaban J connectivity index is 2.22. The summed E-state index contributed by atoms with van der Waals surface area (Å²) in [6.45, 7) is 5.68. The number of carbonyl (C=O) groups is 1. The summed E-state index contributed by atoms with van der Waals surface area (Å²) in [6, 6.07) is 0. The van der Waals surface area contributed by atoms with Crippen molar-refractivity contribution in [3.05, 3.63) is 0 Å². The number of methoxy groups -OCH3 is 1. The molecule has 0 spiro atoms. The molecule has 0 atom stereocenters. The monoisotopic (exact) mass is 242 g/mol. The van der Waals surface area contributed by atoms with E-state index in [-0.39, 0.29) is 16.9 Å². The molecule has 4 nitrogen and oxygen atoms in total. The number of hydrogen-bond acceptors (Lipinski definition) is 3. The van der Waals surface area contributed by atoms with Crippen molar-refractivity contribution in [1.82, 2.24) is 5.32 Å². The Hall–Kier alpha value is -0.610. The lowest BCUT2D eigenvalue weighted by Crippen LogP contribution is -2.50. The molecule has 3 N–H and O–H groups in total. The van der Waals surface area contributed by atoms with Gasteiger partial charge in [-0.05, 0) is 31.1 Å². The van der Waals surface area contributed by atoms with E-state index in [1.807, 2.05) is 0 Å². The first kappa shape index (κ1) is 14.5. The van der Waals surface area contributed by atoms with E-state index >= 15 is 0 Å². The highest BCUT2D eigenvalue weighted by atomic mass is 16.5. The number of hydrogen-bond donors (Lipinski definition) is 2. The highest BCUT2D eigenvalue weighted by Gasteiger charge is 2.34. The van der Waals surface area contributed by atoms with Gasteiger partial charge in [0.05, 0.1) is 0 Å². The molecule has 0 aromatic rings. The smallest absolute Gasteiger partial charge is 0.221 e. The van der Waals surface area contributed by atoms with Crippen molar-refractivity contribution in [3.8, 4) is 0 Å². The number of rotatable bonds is 7. The van der Waals surface area contributed by atoms with E-state index in [9.17, 15) is 4.79 Å². The molecule has 1 saturated carbocycles. The maximum atomic E-state index is 11.7. The Kier molecular flexibility index (Phi) is 4.95. The lowest BCUT2D eigenvalue weighted by atomic mass is 9.75. The Morgan fingerprint density at radius 3 is 2.59 bits per heavy atom. The van der Waals surface area contributed by atoms with E-state index in [2.05, 4.69) is 19.2 Å². The topological polar surface area (TPSA) is 64.3 Å². The first-order valence-corrected chi connectivity index (χ1v) is 6.41. The van der Waals surface area contributed by atoms with E-state index in [4.69, 9.17) is 10.5 Å². The van der Waals surface area contributed by atoms with Crippen molar-refractivity contribution in [1.29, 1.82) is 0 Å². The predicted molar refractivity (Wildman–Crippen MR) is 68.7 cm³/mol. The van der Waals surface area contributed by atoms with Gasteiger partial charge in [-0.1, -0.05) is 13.8 Å². The molecule has 0 radical (unpaired) electrons. The number of ether oxygens (including phenoxy) is 1. The van der Waals surface area contributed by atoms with Crippen molar-refractivity contribution in [3.63, 3.8) is 0 Å². The van der Waals surface area contributed by atoms with Crippen LogP contribution >= 0.6 is 0 Å². The van der Waals surface area contributed by atoms with Crippen molar-refractivity contribution < 1.29 is 9.53 Å². The fraction of sp³-hybridized carbons (Fsp3) is 0.923. The van der Waals surface area contributed by atoms with Gasteiger partial charge in [0, 0.05) is 32.2 Å². The molecule has 1 amide bonds. The van der Waals surface area contributed by atoms with E-state index in [1.165, 1.54) is 0 Å². The first-order chi connectivity index (χ1) is 7.87. The molecule has 0 aromatic heterocycles. The summed E-state index contributed by atoms with van der Waals surface area (Å²) in [5.41, 5.74) is 5.90. The third-order valence-electron chi connectivity index (χ3n) is 3.61. The highest BCUT2D eigenvalue weighted by Crippen LogP contribution is 2.32. The van der Waals surface area contributed by atoms with Gasteiger partial charge >= 0.3 is 0 Å². The highest BCUT2D eigenvalue weighted by molar-refractivity contribution is 5.77. The van der Waals surface area contributed by atoms with Crippen molar-refractivity contribution >= 4 is 5.91 Å². The predicted octanol–water partition coefficient (Wildman–Crippen LogP) is 1.44. The van der Waals surface area contributed by atoms with Gasteiger partial charge in [0.25, 0.3) is 0 Å². The number of carbonyl (C=O) groups excluding carboxylic acids is 1. The minimum atomic E-state index is -0.221. The number of amides is 1. The van der Waals surface area contributed by atoms with Crippen LogP contribution in [0, 0.1) is 5.41 Å². The first-order valence-electron chi connectivity index (χ1n) is 6.41. The Morgan fingerprint density at radius 2 is 2.12 bits per heavy atom. The van der Waals surface area contributed by atoms with Crippen LogP contribution in [-0.2, 0) is 9.53 Å². The van der Waals surface area contributed by atoms with Crippen LogP contribution in [0.3, 0.4) is 0 Å². The molecule has 17 heavy (non-hydrogen) atoms. The molecule has 0 heterocycles. The minimum absolute atomic E-state index is 0.0764.